The lowest BCUT2D eigenvalue weighted by molar-refractivity contribution is -0.139. The van der Waals surface area contributed by atoms with Crippen molar-refractivity contribution < 1.29 is 9.59 Å². The molecule has 0 aromatic carbocycles. The third-order valence-corrected chi connectivity index (χ3v) is 2.70. The summed E-state index contributed by atoms with van der Waals surface area (Å²) in [5.74, 6) is -0.111. The molecular weight excluding hydrogens is 154 g/mol. The van der Waals surface area contributed by atoms with Crippen LogP contribution in [0, 0.1) is 10.8 Å². The fraction of sp³-hybridized carbons (Fsp3) is 0.778. The molecule has 0 aliphatic heterocycles. The van der Waals surface area contributed by atoms with E-state index < -0.39 is 10.8 Å². The number of aldehydes is 1. The van der Waals surface area contributed by atoms with Crippen molar-refractivity contribution in [1.82, 2.24) is 5.32 Å². The van der Waals surface area contributed by atoms with Crippen LogP contribution in [0.4, 0.5) is 0 Å². The summed E-state index contributed by atoms with van der Waals surface area (Å²) in [6.45, 7) is 7.05. The second-order valence-electron chi connectivity index (χ2n) is 4.04. The summed E-state index contributed by atoms with van der Waals surface area (Å²) in [5.41, 5.74) is -1.30. The van der Waals surface area contributed by atoms with Crippen molar-refractivity contribution in [3.05, 3.63) is 0 Å². The Balaban J connectivity index is 4.83. The number of nitrogens with one attached hydrogen (secondary N) is 1. The predicted molar refractivity (Wildman–Crippen MR) is 47.7 cm³/mol. The molecule has 70 valence electrons. The van der Waals surface area contributed by atoms with Crippen LogP contribution < -0.4 is 5.32 Å². The van der Waals surface area contributed by atoms with Crippen molar-refractivity contribution in [2.24, 2.45) is 10.8 Å². The lowest BCUT2D eigenvalue weighted by atomic mass is 9.68. The van der Waals surface area contributed by atoms with E-state index in [1.54, 1.807) is 34.7 Å². The van der Waals surface area contributed by atoms with Crippen molar-refractivity contribution in [2.45, 2.75) is 27.7 Å². The Morgan fingerprint density at radius 3 is 1.92 bits per heavy atom. The fourth-order valence-corrected chi connectivity index (χ4v) is 0.752. The summed E-state index contributed by atoms with van der Waals surface area (Å²) in [5, 5.41) is 2.55. The molecule has 0 atom stereocenters. The lowest BCUT2D eigenvalue weighted by Gasteiger charge is -2.35. The van der Waals surface area contributed by atoms with Gasteiger partial charge in [0.2, 0.25) is 5.91 Å². The van der Waals surface area contributed by atoms with E-state index in [1.807, 2.05) is 0 Å². The molecule has 0 aliphatic carbocycles. The van der Waals surface area contributed by atoms with Crippen molar-refractivity contribution in [3.63, 3.8) is 0 Å². The van der Waals surface area contributed by atoms with Gasteiger partial charge in [0, 0.05) is 12.5 Å². The molecule has 0 spiro atoms. The van der Waals surface area contributed by atoms with Gasteiger partial charge in [0.1, 0.15) is 6.29 Å². The second-order valence-corrected chi connectivity index (χ2v) is 4.04. The van der Waals surface area contributed by atoms with Crippen molar-refractivity contribution in [2.75, 3.05) is 7.05 Å². The highest BCUT2D eigenvalue weighted by atomic mass is 16.2. The molecule has 0 bridgehead atoms. The first-order valence-corrected chi connectivity index (χ1v) is 3.98. The summed E-state index contributed by atoms with van der Waals surface area (Å²) in [7, 11) is 1.57. The predicted octanol–water partition coefficient (Wildman–Crippen LogP) is 0.984. The topological polar surface area (TPSA) is 46.2 Å². The molecule has 1 amide bonds. The van der Waals surface area contributed by atoms with Crippen LogP contribution in [0.3, 0.4) is 0 Å². The SMILES string of the molecule is CNC(=O)C(C)(C)C(C)(C)C=O. The van der Waals surface area contributed by atoms with E-state index in [9.17, 15) is 9.59 Å². The Morgan fingerprint density at radius 2 is 1.67 bits per heavy atom. The Bertz CT molecular complexity index is 195. The zero-order valence-electron chi connectivity index (χ0n) is 8.39. The van der Waals surface area contributed by atoms with Crippen LogP contribution in [-0.2, 0) is 9.59 Å². The summed E-state index contributed by atoms with van der Waals surface area (Å²) >= 11 is 0. The van der Waals surface area contributed by atoms with Crippen LogP contribution in [0.15, 0.2) is 0 Å². The van der Waals surface area contributed by atoms with E-state index in [2.05, 4.69) is 5.32 Å². The maximum absolute atomic E-state index is 11.4. The molecule has 3 nitrogen and oxygen atoms in total. The highest BCUT2D eigenvalue weighted by molar-refractivity contribution is 5.86. The van der Waals surface area contributed by atoms with Gasteiger partial charge in [-0.1, -0.05) is 27.7 Å². The first kappa shape index (κ1) is 11.1. The minimum atomic E-state index is -0.663. The summed E-state index contributed by atoms with van der Waals surface area (Å²) in [6.07, 6.45) is 0.822. The van der Waals surface area contributed by atoms with Gasteiger partial charge in [-0.05, 0) is 0 Å². The second kappa shape index (κ2) is 3.25. The number of carbonyl (C=O) groups excluding carboxylic acids is 2. The van der Waals surface area contributed by atoms with Gasteiger partial charge >= 0.3 is 0 Å². The van der Waals surface area contributed by atoms with E-state index in [0.29, 0.717) is 0 Å². The zero-order valence-corrected chi connectivity index (χ0v) is 8.39. The molecule has 0 saturated carbocycles. The molecule has 0 aliphatic rings. The molecule has 0 unspecified atom stereocenters. The van der Waals surface area contributed by atoms with Gasteiger partial charge < -0.3 is 10.1 Å². The van der Waals surface area contributed by atoms with Crippen LogP contribution in [-0.4, -0.2) is 19.2 Å². The Morgan fingerprint density at radius 1 is 1.25 bits per heavy atom. The minimum absolute atomic E-state index is 0.111. The van der Waals surface area contributed by atoms with Crippen molar-refractivity contribution in [3.8, 4) is 0 Å². The first-order chi connectivity index (χ1) is 5.29. The summed E-state index contributed by atoms with van der Waals surface area (Å²) < 4.78 is 0. The third-order valence-electron chi connectivity index (χ3n) is 2.70. The number of hydrogen-bond acceptors (Lipinski definition) is 2. The van der Waals surface area contributed by atoms with Crippen molar-refractivity contribution in [1.29, 1.82) is 0 Å². The van der Waals surface area contributed by atoms with Gasteiger partial charge in [-0.3, -0.25) is 4.79 Å². The average Bonchev–Trinajstić information content (AvgIpc) is 2.02. The Hall–Kier alpha value is -0.860. The third kappa shape index (κ3) is 1.65. The molecule has 3 heteroatoms. The molecule has 0 radical (unpaired) electrons. The number of carbonyl (C=O) groups is 2. The van der Waals surface area contributed by atoms with Gasteiger partial charge in [0.15, 0.2) is 0 Å². The minimum Gasteiger partial charge on any atom is -0.359 e. The van der Waals surface area contributed by atoms with Gasteiger partial charge in [0.25, 0.3) is 0 Å². The molecule has 1 N–H and O–H groups in total. The maximum atomic E-state index is 11.4. The van der Waals surface area contributed by atoms with Crippen molar-refractivity contribution >= 4 is 12.2 Å². The highest BCUT2D eigenvalue weighted by Crippen LogP contribution is 2.36. The standard InChI is InChI=1S/C9H17NO2/c1-8(2,6-11)9(3,4)7(12)10-5/h6H,1-5H3,(H,10,12). The van der Waals surface area contributed by atoms with Gasteiger partial charge in [-0.2, -0.15) is 0 Å². The number of rotatable bonds is 3. The number of amides is 1. The molecule has 0 aromatic heterocycles. The summed E-state index contributed by atoms with van der Waals surface area (Å²) in [6, 6.07) is 0. The lowest BCUT2D eigenvalue weighted by Crippen LogP contribution is -2.45. The summed E-state index contributed by atoms with van der Waals surface area (Å²) in [4.78, 5) is 22.1. The van der Waals surface area contributed by atoms with E-state index in [4.69, 9.17) is 0 Å². The molecule has 0 saturated heterocycles. The molecule has 0 fully saturated rings. The van der Waals surface area contributed by atoms with E-state index in [1.165, 1.54) is 0 Å². The smallest absolute Gasteiger partial charge is 0.226 e. The number of hydrogen-bond donors (Lipinski definition) is 1. The van der Waals surface area contributed by atoms with Crippen LogP contribution >= 0.6 is 0 Å². The Kier molecular flexibility index (Phi) is 3.02. The van der Waals surface area contributed by atoms with Crippen LogP contribution in [0.2, 0.25) is 0 Å². The van der Waals surface area contributed by atoms with E-state index >= 15 is 0 Å². The highest BCUT2D eigenvalue weighted by Gasteiger charge is 2.42. The molecular formula is C9H17NO2. The maximum Gasteiger partial charge on any atom is 0.226 e. The molecule has 0 heterocycles. The Labute approximate surface area is 73.5 Å². The first-order valence-electron chi connectivity index (χ1n) is 3.98. The molecule has 0 aromatic rings. The van der Waals surface area contributed by atoms with Gasteiger partial charge in [-0.15, -0.1) is 0 Å². The van der Waals surface area contributed by atoms with Crippen LogP contribution in [0.25, 0.3) is 0 Å². The van der Waals surface area contributed by atoms with E-state index in [0.717, 1.165) is 6.29 Å². The van der Waals surface area contributed by atoms with Crippen LogP contribution in [0.1, 0.15) is 27.7 Å². The van der Waals surface area contributed by atoms with Gasteiger partial charge in [-0.25, -0.2) is 0 Å². The largest absolute Gasteiger partial charge is 0.359 e. The normalized spacial score (nSPS) is 12.4. The zero-order chi connectivity index (χ0) is 9.99. The quantitative estimate of drug-likeness (QED) is 0.643. The fourth-order valence-electron chi connectivity index (χ4n) is 0.752. The molecule has 0 rings (SSSR count). The molecule has 12 heavy (non-hydrogen) atoms. The van der Waals surface area contributed by atoms with Crippen LogP contribution in [0.5, 0.6) is 0 Å². The average molecular weight is 171 g/mol. The van der Waals surface area contributed by atoms with Gasteiger partial charge in [0.05, 0.1) is 5.41 Å². The monoisotopic (exact) mass is 171 g/mol. The van der Waals surface area contributed by atoms with E-state index in [-0.39, 0.29) is 5.91 Å².